The van der Waals surface area contributed by atoms with Crippen LogP contribution in [0.3, 0.4) is 0 Å². The average Bonchev–Trinajstić information content (AvgIpc) is 2.70. The number of carboxylic acid groups (broad SMARTS) is 1. The van der Waals surface area contributed by atoms with E-state index in [1.165, 1.54) is 0 Å². The van der Waals surface area contributed by atoms with Crippen molar-refractivity contribution in [2.24, 2.45) is 5.73 Å². The Hall–Kier alpha value is -1.39. The molecule has 4 heteroatoms. The monoisotopic (exact) mass is 234 g/mol. The van der Waals surface area contributed by atoms with Crippen LogP contribution in [0.2, 0.25) is 0 Å². The van der Waals surface area contributed by atoms with Crippen molar-refractivity contribution in [3.05, 3.63) is 35.4 Å². The molecule has 1 aromatic rings. The summed E-state index contributed by atoms with van der Waals surface area (Å²) in [5.41, 5.74) is 7.46. The lowest BCUT2D eigenvalue weighted by molar-refractivity contribution is 0.0696. The Bertz CT molecular complexity index is 420. The van der Waals surface area contributed by atoms with E-state index in [4.69, 9.17) is 10.8 Å². The summed E-state index contributed by atoms with van der Waals surface area (Å²) in [4.78, 5) is 13.3. The number of nitrogens with two attached hydrogens (primary N) is 1. The Morgan fingerprint density at radius 1 is 1.59 bits per heavy atom. The van der Waals surface area contributed by atoms with Crippen LogP contribution in [-0.2, 0) is 0 Å². The smallest absolute Gasteiger partial charge is 0.335 e. The number of nitrogens with zero attached hydrogens (tertiary/aromatic N) is 1. The number of hydrogen-bond donors (Lipinski definition) is 2. The fraction of sp³-hybridized carbons (Fsp3) is 0.462. The van der Waals surface area contributed by atoms with E-state index < -0.39 is 5.97 Å². The Labute approximate surface area is 101 Å². The summed E-state index contributed by atoms with van der Waals surface area (Å²) in [7, 11) is 0. The number of benzene rings is 1. The van der Waals surface area contributed by atoms with Gasteiger partial charge in [-0.25, -0.2) is 4.79 Å². The van der Waals surface area contributed by atoms with Gasteiger partial charge >= 0.3 is 5.97 Å². The molecule has 92 valence electrons. The van der Waals surface area contributed by atoms with E-state index in [1.807, 2.05) is 6.07 Å². The second kappa shape index (κ2) is 4.85. The molecule has 1 fully saturated rings. The first-order valence-electron chi connectivity index (χ1n) is 5.96. The molecule has 0 radical (unpaired) electrons. The summed E-state index contributed by atoms with van der Waals surface area (Å²) in [6.45, 7) is 4.03. The standard InChI is InChI=1S/C13H18N2O2/c1-2-15-7-6-11(14)12(15)9-4-3-5-10(8-9)13(16)17/h3-5,8,11-12H,2,6-7,14H2,1H3,(H,16,17). The highest BCUT2D eigenvalue weighted by Crippen LogP contribution is 2.31. The SMILES string of the molecule is CCN1CCC(N)C1c1cccc(C(=O)O)c1. The topological polar surface area (TPSA) is 66.6 Å². The second-order valence-corrected chi connectivity index (χ2v) is 4.46. The average molecular weight is 234 g/mol. The maximum atomic E-state index is 11.0. The molecule has 0 amide bonds. The zero-order valence-electron chi connectivity index (χ0n) is 9.97. The molecule has 2 atom stereocenters. The van der Waals surface area contributed by atoms with Gasteiger partial charge in [0.05, 0.1) is 5.56 Å². The van der Waals surface area contributed by atoms with Crippen LogP contribution in [0.1, 0.15) is 35.3 Å². The Kier molecular flexibility index (Phi) is 3.45. The molecule has 0 saturated carbocycles. The van der Waals surface area contributed by atoms with Gasteiger partial charge in [0.25, 0.3) is 0 Å². The van der Waals surface area contributed by atoms with Crippen molar-refractivity contribution < 1.29 is 9.90 Å². The zero-order valence-corrected chi connectivity index (χ0v) is 9.97. The summed E-state index contributed by atoms with van der Waals surface area (Å²) in [6.07, 6.45) is 0.968. The Morgan fingerprint density at radius 3 is 3.00 bits per heavy atom. The fourth-order valence-corrected chi connectivity index (χ4v) is 2.55. The minimum atomic E-state index is -0.888. The van der Waals surface area contributed by atoms with Gasteiger partial charge in [0.2, 0.25) is 0 Å². The molecular formula is C13H18N2O2. The third-order valence-corrected chi connectivity index (χ3v) is 3.43. The van der Waals surface area contributed by atoms with Gasteiger partial charge in [0.1, 0.15) is 0 Å². The minimum Gasteiger partial charge on any atom is -0.478 e. The van der Waals surface area contributed by atoms with Gasteiger partial charge < -0.3 is 10.8 Å². The van der Waals surface area contributed by atoms with Gasteiger partial charge in [-0.3, -0.25) is 4.90 Å². The first-order chi connectivity index (χ1) is 8.13. The third kappa shape index (κ3) is 2.33. The Balaban J connectivity index is 2.32. The number of likely N-dealkylation sites (N-methyl/N-ethyl adjacent to an activating group) is 1. The number of hydrogen-bond acceptors (Lipinski definition) is 3. The Morgan fingerprint density at radius 2 is 2.35 bits per heavy atom. The third-order valence-electron chi connectivity index (χ3n) is 3.43. The molecule has 1 heterocycles. The summed E-state index contributed by atoms with van der Waals surface area (Å²) >= 11 is 0. The van der Waals surface area contributed by atoms with Crippen molar-refractivity contribution in [3.63, 3.8) is 0 Å². The lowest BCUT2D eigenvalue weighted by Crippen LogP contribution is -2.31. The maximum absolute atomic E-state index is 11.0. The predicted octanol–water partition coefficient (Wildman–Crippen LogP) is 1.48. The molecule has 4 nitrogen and oxygen atoms in total. The van der Waals surface area contributed by atoms with Crippen molar-refractivity contribution in [2.75, 3.05) is 13.1 Å². The van der Waals surface area contributed by atoms with Crippen LogP contribution in [0.25, 0.3) is 0 Å². The van der Waals surface area contributed by atoms with Gasteiger partial charge in [-0.2, -0.15) is 0 Å². The van der Waals surface area contributed by atoms with Crippen LogP contribution in [0, 0.1) is 0 Å². The number of aromatic carboxylic acids is 1. The predicted molar refractivity (Wildman–Crippen MR) is 66.0 cm³/mol. The van der Waals surface area contributed by atoms with Crippen LogP contribution >= 0.6 is 0 Å². The van der Waals surface area contributed by atoms with Crippen molar-refractivity contribution in [3.8, 4) is 0 Å². The molecule has 17 heavy (non-hydrogen) atoms. The number of carboxylic acids is 1. The van der Waals surface area contributed by atoms with Crippen molar-refractivity contribution in [2.45, 2.75) is 25.4 Å². The van der Waals surface area contributed by atoms with Gasteiger partial charge in [0, 0.05) is 18.6 Å². The summed E-state index contributed by atoms with van der Waals surface area (Å²) in [5.74, 6) is -0.888. The summed E-state index contributed by atoms with van der Waals surface area (Å²) < 4.78 is 0. The molecule has 0 bridgehead atoms. The molecule has 0 spiro atoms. The van der Waals surface area contributed by atoms with Crippen molar-refractivity contribution >= 4 is 5.97 Å². The number of likely N-dealkylation sites (tertiary alicyclic amines) is 1. The quantitative estimate of drug-likeness (QED) is 0.831. The van der Waals surface area contributed by atoms with E-state index in [-0.39, 0.29) is 12.1 Å². The second-order valence-electron chi connectivity index (χ2n) is 4.46. The van der Waals surface area contributed by atoms with E-state index in [2.05, 4.69) is 11.8 Å². The molecule has 1 aliphatic rings. The van der Waals surface area contributed by atoms with Crippen molar-refractivity contribution in [1.82, 2.24) is 4.90 Å². The minimum absolute atomic E-state index is 0.0963. The van der Waals surface area contributed by atoms with Gasteiger partial charge in [0.15, 0.2) is 0 Å². The van der Waals surface area contributed by atoms with Gasteiger partial charge in [-0.05, 0) is 30.7 Å². The van der Waals surface area contributed by atoms with E-state index in [0.717, 1.165) is 25.1 Å². The molecule has 0 aromatic heterocycles. The van der Waals surface area contributed by atoms with E-state index in [0.29, 0.717) is 5.56 Å². The molecule has 3 N–H and O–H groups in total. The first kappa shape index (κ1) is 12.1. The molecule has 1 aromatic carbocycles. The maximum Gasteiger partial charge on any atom is 0.335 e. The fourth-order valence-electron chi connectivity index (χ4n) is 2.55. The van der Waals surface area contributed by atoms with E-state index in [9.17, 15) is 4.79 Å². The molecule has 0 aliphatic carbocycles. The van der Waals surface area contributed by atoms with Crippen LogP contribution in [0.15, 0.2) is 24.3 Å². The summed E-state index contributed by atoms with van der Waals surface area (Å²) in [5, 5.41) is 9.00. The van der Waals surface area contributed by atoms with E-state index in [1.54, 1.807) is 18.2 Å². The zero-order chi connectivity index (χ0) is 12.4. The highest BCUT2D eigenvalue weighted by Gasteiger charge is 2.31. The molecule has 2 unspecified atom stereocenters. The van der Waals surface area contributed by atoms with Crippen LogP contribution in [0.4, 0.5) is 0 Å². The molecular weight excluding hydrogens is 216 g/mol. The van der Waals surface area contributed by atoms with E-state index >= 15 is 0 Å². The number of carbonyl (C=O) groups is 1. The van der Waals surface area contributed by atoms with Crippen molar-refractivity contribution in [1.29, 1.82) is 0 Å². The lowest BCUT2D eigenvalue weighted by Gasteiger charge is -2.26. The van der Waals surface area contributed by atoms with Gasteiger partial charge in [-0.15, -0.1) is 0 Å². The van der Waals surface area contributed by atoms with Gasteiger partial charge in [-0.1, -0.05) is 19.1 Å². The summed E-state index contributed by atoms with van der Waals surface area (Å²) in [6, 6.07) is 7.35. The lowest BCUT2D eigenvalue weighted by atomic mass is 9.99. The highest BCUT2D eigenvalue weighted by molar-refractivity contribution is 5.87. The normalized spacial score (nSPS) is 25.1. The molecule has 1 saturated heterocycles. The van der Waals surface area contributed by atoms with Crippen LogP contribution in [-0.4, -0.2) is 35.1 Å². The first-order valence-corrected chi connectivity index (χ1v) is 5.96. The van der Waals surface area contributed by atoms with Crippen LogP contribution in [0.5, 0.6) is 0 Å². The molecule has 1 aliphatic heterocycles. The highest BCUT2D eigenvalue weighted by atomic mass is 16.4. The molecule has 2 rings (SSSR count). The van der Waals surface area contributed by atoms with Crippen LogP contribution < -0.4 is 5.73 Å². The number of rotatable bonds is 3. The largest absolute Gasteiger partial charge is 0.478 e.